The van der Waals surface area contributed by atoms with Crippen molar-refractivity contribution in [1.29, 1.82) is 0 Å². The van der Waals surface area contributed by atoms with Crippen molar-refractivity contribution in [2.24, 2.45) is 0 Å². The number of hydrogen-bond donors (Lipinski definition) is 2. The molecule has 0 aliphatic rings. The highest BCUT2D eigenvalue weighted by Crippen LogP contribution is 2.12. The number of amides is 2. The van der Waals surface area contributed by atoms with E-state index in [2.05, 4.69) is 10.6 Å². The van der Waals surface area contributed by atoms with Gasteiger partial charge < -0.3 is 20.1 Å². The highest BCUT2D eigenvalue weighted by molar-refractivity contribution is 5.85. The van der Waals surface area contributed by atoms with Gasteiger partial charge in [0.2, 0.25) is 5.91 Å². The lowest BCUT2D eigenvalue weighted by Gasteiger charge is -2.09. The average molecular weight is 342 g/mol. The number of carbonyl (C=O) groups is 2. The molecule has 0 bridgehead atoms. The first kappa shape index (κ1) is 18.3. The van der Waals surface area contributed by atoms with Crippen LogP contribution in [0, 0.1) is 0 Å². The molecule has 2 aromatic carbocycles. The first-order chi connectivity index (χ1) is 12.2. The Hall–Kier alpha value is -3.02. The first-order valence-corrected chi connectivity index (χ1v) is 8.01. The second kappa shape index (κ2) is 9.97. The summed E-state index contributed by atoms with van der Waals surface area (Å²) in [6.07, 6.45) is 0.688. The van der Waals surface area contributed by atoms with Gasteiger partial charge in [-0.05, 0) is 36.2 Å². The molecule has 6 nitrogen and oxygen atoms in total. The molecule has 6 heteroatoms. The van der Waals surface area contributed by atoms with Gasteiger partial charge in [0.25, 0.3) is 5.91 Å². The van der Waals surface area contributed by atoms with Gasteiger partial charge in [0.1, 0.15) is 11.5 Å². The van der Waals surface area contributed by atoms with Gasteiger partial charge in [-0.25, -0.2) is 0 Å². The molecule has 2 aromatic rings. The molecule has 2 amide bonds. The summed E-state index contributed by atoms with van der Waals surface area (Å²) in [6.45, 7) is 0.290. The Bertz CT molecular complexity index is 689. The Labute approximate surface area is 147 Å². The molecule has 2 N–H and O–H groups in total. The lowest BCUT2D eigenvalue weighted by Crippen LogP contribution is -2.39. The fraction of sp³-hybridized carbons (Fsp3) is 0.263. The summed E-state index contributed by atoms with van der Waals surface area (Å²) in [6, 6.07) is 16.7. The van der Waals surface area contributed by atoms with Crippen molar-refractivity contribution >= 4 is 11.8 Å². The Morgan fingerprint density at radius 3 is 2.44 bits per heavy atom. The van der Waals surface area contributed by atoms with Gasteiger partial charge in [-0.1, -0.05) is 30.3 Å². The smallest absolute Gasteiger partial charge is 0.258 e. The van der Waals surface area contributed by atoms with Gasteiger partial charge in [-0.3, -0.25) is 9.59 Å². The largest absolute Gasteiger partial charge is 0.497 e. The Kier molecular flexibility index (Phi) is 7.31. The molecule has 0 aromatic heterocycles. The second-order valence-electron chi connectivity index (χ2n) is 5.33. The van der Waals surface area contributed by atoms with Gasteiger partial charge in [-0.15, -0.1) is 0 Å². The van der Waals surface area contributed by atoms with Crippen molar-refractivity contribution in [2.45, 2.75) is 6.42 Å². The predicted octanol–water partition coefficient (Wildman–Crippen LogP) is 1.55. The van der Waals surface area contributed by atoms with Crippen LogP contribution in [-0.4, -0.2) is 38.6 Å². The molecule has 132 valence electrons. The third-order valence-electron chi connectivity index (χ3n) is 3.43. The molecule has 0 fully saturated rings. The van der Waals surface area contributed by atoms with E-state index in [1.54, 1.807) is 19.2 Å². The molecule has 0 heterocycles. The molecular weight excluding hydrogens is 320 g/mol. The zero-order valence-corrected chi connectivity index (χ0v) is 14.2. The fourth-order valence-corrected chi connectivity index (χ4v) is 2.13. The van der Waals surface area contributed by atoms with Crippen LogP contribution in [0.5, 0.6) is 11.5 Å². The van der Waals surface area contributed by atoms with E-state index in [0.717, 1.165) is 11.3 Å². The molecule has 0 saturated carbocycles. The summed E-state index contributed by atoms with van der Waals surface area (Å²) in [5.41, 5.74) is 1.07. The van der Waals surface area contributed by atoms with Crippen LogP contribution in [-0.2, 0) is 16.0 Å². The van der Waals surface area contributed by atoms with Gasteiger partial charge in [-0.2, -0.15) is 0 Å². The third-order valence-corrected chi connectivity index (χ3v) is 3.43. The number of para-hydroxylation sites is 1. The van der Waals surface area contributed by atoms with Crippen LogP contribution in [0.1, 0.15) is 5.56 Å². The van der Waals surface area contributed by atoms with E-state index in [1.165, 1.54) is 0 Å². The Morgan fingerprint density at radius 1 is 0.920 bits per heavy atom. The van der Waals surface area contributed by atoms with E-state index in [4.69, 9.17) is 9.47 Å². The monoisotopic (exact) mass is 342 g/mol. The standard InChI is InChI=1S/C19H22N2O4/c1-24-17-9-5-6-15(12-17)10-11-20-18(22)13-21-19(23)14-25-16-7-3-2-4-8-16/h2-9,12H,10-11,13-14H2,1H3,(H,20,22)(H,21,23). The summed E-state index contributed by atoms with van der Waals surface area (Å²) in [7, 11) is 1.62. The van der Waals surface area contributed by atoms with E-state index in [1.807, 2.05) is 42.5 Å². The predicted molar refractivity (Wildman–Crippen MR) is 94.7 cm³/mol. The molecule has 2 rings (SSSR count). The summed E-state index contributed by atoms with van der Waals surface area (Å²) in [5.74, 6) is 0.817. The second-order valence-corrected chi connectivity index (χ2v) is 5.33. The quantitative estimate of drug-likeness (QED) is 0.725. The molecule has 0 aliphatic heterocycles. The zero-order chi connectivity index (χ0) is 17.9. The van der Waals surface area contributed by atoms with Crippen LogP contribution in [0.15, 0.2) is 54.6 Å². The number of carbonyl (C=O) groups excluding carboxylic acids is 2. The first-order valence-electron chi connectivity index (χ1n) is 8.01. The van der Waals surface area contributed by atoms with Crippen LogP contribution >= 0.6 is 0 Å². The maximum atomic E-state index is 11.7. The number of benzene rings is 2. The molecule has 0 unspecified atom stereocenters. The van der Waals surface area contributed by atoms with Crippen molar-refractivity contribution in [2.75, 3.05) is 26.8 Å². The van der Waals surface area contributed by atoms with Crippen LogP contribution in [0.4, 0.5) is 0 Å². The van der Waals surface area contributed by atoms with Crippen molar-refractivity contribution in [1.82, 2.24) is 10.6 Å². The number of methoxy groups -OCH3 is 1. The molecule has 0 aliphatic carbocycles. The van der Waals surface area contributed by atoms with Crippen LogP contribution in [0.3, 0.4) is 0 Å². The summed E-state index contributed by atoms with van der Waals surface area (Å²) >= 11 is 0. The van der Waals surface area contributed by atoms with Crippen molar-refractivity contribution < 1.29 is 19.1 Å². The lowest BCUT2D eigenvalue weighted by atomic mass is 10.1. The fourth-order valence-electron chi connectivity index (χ4n) is 2.13. The van der Waals surface area contributed by atoms with Crippen LogP contribution in [0.25, 0.3) is 0 Å². The Balaban J connectivity index is 1.60. The number of hydrogen-bond acceptors (Lipinski definition) is 4. The molecule has 0 radical (unpaired) electrons. The molecular formula is C19H22N2O4. The minimum Gasteiger partial charge on any atom is -0.497 e. The number of ether oxygens (including phenoxy) is 2. The molecule has 0 saturated heterocycles. The highest BCUT2D eigenvalue weighted by Gasteiger charge is 2.06. The van der Waals surface area contributed by atoms with E-state index < -0.39 is 0 Å². The van der Waals surface area contributed by atoms with Gasteiger partial charge in [0.15, 0.2) is 6.61 Å². The minimum absolute atomic E-state index is 0.0743. The summed E-state index contributed by atoms with van der Waals surface area (Å²) in [4.78, 5) is 23.4. The van der Waals surface area contributed by atoms with E-state index >= 15 is 0 Å². The zero-order valence-electron chi connectivity index (χ0n) is 14.2. The molecule has 25 heavy (non-hydrogen) atoms. The van der Waals surface area contributed by atoms with Crippen molar-refractivity contribution in [3.63, 3.8) is 0 Å². The molecule has 0 atom stereocenters. The van der Waals surface area contributed by atoms with Gasteiger partial charge in [0.05, 0.1) is 13.7 Å². The third kappa shape index (κ3) is 6.95. The SMILES string of the molecule is COc1cccc(CCNC(=O)CNC(=O)COc2ccccc2)c1. The summed E-state index contributed by atoms with van der Waals surface area (Å²) < 4.78 is 10.5. The van der Waals surface area contributed by atoms with Gasteiger partial charge in [0, 0.05) is 6.54 Å². The number of nitrogens with one attached hydrogen (secondary N) is 2. The minimum atomic E-state index is -0.341. The van der Waals surface area contributed by atoms with Crippen LogP contribution in [0.2, 0.25) is 0 Å². The highest BCUT2D eigenvalue weighted by atomic mass is 16.5. The normalized spacial score (nSPS) is 9.96. The summed E-state index contributed by atoms with van der Waals surface area (Å²) in [5, 5.41) is 5.29. The van der Waals surface area contributed by atoms with E-state index in [-0.39, 0.29) is 25.0 Å². The number of rotatable bonds is 9. The topological polar surface area (TPSA) is 76.7 Å². The average Bonchev–Trinajstić information content (AvgIpc) is 2.65. The van der Waals surface area contributed by atoms with E-state index in [0.29, 0.717) is 18.7 Å². The van der Waals surface area contributed by atoms with E-state index in [9.17, 15) is 9.59 Å². The Morgan fingerprint density at radius 2 is 1.68 bits per heavy atom. The van der Waals surface area contributed by atoms with Crippen LogP contribution < -0.4 is 20.1 Å². The van der Waals surface area contributed by atoms with Crippen molar-refractivity contribution in [3.8, 4) is 11.5 Å². The maximum Gasteiger partial charge on any atom is 0.258 e. The maximum absolute atomic E-state index is 11.7. The lowest BCUT2D eigenvalue weighted by molar-refractivity contribution is -0.127. The molecule has 0 spiro atoms. The van der Waals surface area contributed by atoms with Crippen molar-refractivity contribution in [3.05, 3.63) is 60.2 Å². The van der Waals surface area contributed by atoms with Gasteiger partial charge >= 0.3 is 0 Å².